The van der Waals surface area contributed by atoms with E-state index in [2.05, 4.69) is 11.0 Å². The summed E-state index contributed by atoms with van der Waals surface area (Å²) in [7, 11) is 0. The number of hydrogen-bond acceptors (Lipinski definition) is 3. The normalized spacial score (nSPS) is 31.9. The number of nitrogens with two attached hydrogens (primary N) is 1. The minimum Gasteiger partial charge on any atom is -0.369 e. The summed E-state index contributed by atoms with van der Waals surface area (Å²) in [5.41, 5.74) is 5.33. The first-order valence-corrected chi connectivity index (χ1v) is 6.65. The van der Waals surface area contributed by atoms with Crippen molar-refractivity contribution >= 4 is 5.91 Å². The molecule has 1 heterocycles. The molecule has 2 N–H and O–H groups in total. The van der Waals surface area contributed by atoms with Gasteiger partial charge in [-0.2, -0.15) is 5.26 Å². The third kappa shape index (κ3) is 2.78. The van der Waals surface area contributed by atoms with Crippen molar-refractivity contribution in [2.45, 2.75) is 44.6 Å². The number of primary amides is 1. The number of nitriles is 1. The molecular formula is C13H21N3O. The maximum absolute atomic E-state index is 11.1. The summed E-state index contributed by atoms with van der Waals surface area (Å²) in [6.45, 7) is 1.85. The lowest BCUT2D eigenvalue weighted by molar-refractivity contribution is -0.123. The van der Waals surface area contributed by atoms with E-state index in [9.17, 15) is 10.1 Å². The van der Waals surface area contributed by atoms with E-state index in [0.29, 0.717) is 6.04 Å². The molecule has 1 amide bonds. The van der Waals surface area contributed by atoms with Crippen LogP contribution in [0.3, 0.4) is 0 Å². The molecule has 1 aliphatic carbocycles. The van der Waals surface area contributed by atoms with Gasteiger partial charge in [0.15, 0.2) is 0 Å². The van der Waals surface area contributed by atoms with Crippen molar-refractivity contribution in [2.24, 2.45) is 17.6 Å². The number of nitrogens with zero attached hydrogens (tertiary/aromatic N) is 2. The van der Waals surface area contributed by atoms with Gasteiger partial charge in [0, 0.05) is 12.0 Å². The van der Waals surface area contributed by atoms with Crippen molar-refractivity contribution in [2.75, 3.05) is 13.1 Å². The summed E-state index contributed by atoms with van der Waals surface area (Å²) in [5, 5.41) is 9.18. The number of piperidine rings is 1. The van der Waals surface area contributed by atoms with Gasteiger partial charge in [-0.3, -0.25) is 9.69 Å². The molecule has 1 aliphatic heterocycles. The lowest BCUT2D eigenvalue weighted by Crippen LogP contribution is -2.47. The van der Waals surface area contributed by atoms with Gasteiger partial charge < -0.3 is 5.73 Å². The Labute approximate surface area is 103 Å². The van der Waals surface area contributed by atoms with Gasteiger partial charge in [-0.25, -0.2) is 0 Å². The summed E-state index contributed by atoms with van der Waals surface area (Å²) in [6.07, 6.45) is 6.33. The van der Waals surface area contributed by atoms with Crippen LogP contribution in [0.1, 0.15) is 38.5 Å². The smallest absolute Gasteiger partial charge is 0.220 e. The molecule has 0 aromatic rings. The van der Waals surface area contributed by atoms with Crippen LogP contribution >= 0.6 is 0 Å². The highest BCUT2D eigenvalue weighted by Gasteiger charge is 2.33. The Morgan fingerprint density at radius 3 is 2.41 bits per heavy atom. The quantitative estimate of drug-likeness (QED) is 0.783. The van der Waals surface area contributed by atoms with E-state index in [1.54, 1.807) is 0 Å². The summed E-state index contributed by atoms with van der Waals surface area (Å²) in [6, 6.07) is 2.87. The molecule has 17 heavy (non-hydrogen) atoms. The Bertz CT molecular complexity index is 315. The molecule has 2 atom stereocenters. The van der Waals surface area contributed by atoms with Gasteiger partial charge in [0.05, 0.1) is 12.0 Å². The molecule has 0 aromatic carbocycles. The molecule has 0 bridgehead atoms. The molecule has 0 spiro atoms. The van der Waals surface area contributed by atoms with E-state index >= 15 is 0 Å². The topological polar surface area (TPSA) is 70.1 Å². The van der Waals surface area contributed by atoms with E-state index in [1.807, 2.05) is 0 Å². The zero-order chi connectivity index (χ0) is 12.3. The fourth-order valence-electron chi connectivity index (χ4n) is 3.21. The highest BCUT2D eigenvalue weighted by Crippen LogP contribution is 2.30. The van der Waals surface area contributed by atoms with Gasteiger partial charge >= 0.3 is 0 Å². The van der Waals surface area contributed by atoms with Crippen molar-refractivity contribution < 1.29 is 4.79 Å². The summed E-state index contributed by atoms with van der Waals surface area (Å²) in [4.78, 5) is 13.5. The Kier molecular flexibility index (Phi) is 4.01. The van der Waals surface area contributed by atoms with Crippen molar-refractivity contribution in [3.8, 4) is 6.07 Å². The highest BCUT2D eigenvalue weighted by atomic mass is 16.1. The molecule has 4 nitrogen and oxygen atoms in total. The Morgan fingerprint density at radius 2 is 1.82 bits per heavy atom. The molecule has 1 saturated heterocycles. The van der Waals surface area contributed by atoms with Crippen molar-refractivity contribution in [3.63, 3.8) is 0 Å². The number of carbonyl (C=O) groups excluding carboxylic acids is 1. The third-order valence-electron chi connectivity index (χ3n) is 4.30. The van der Waals surface area contributed by atoms with Crippen LogP contribution in [0.25, 0.3) is 0 Å². The first-order valence-electron chi connectivity index (χ1n) is 6.65. The molecule has 2 fully saturated rings. The largest absolute Gasteiger partial charge is 0.369 e. The van der Waals surface area contributed by atoms with Crippen LogP contribution in [0.4, 0.5) is 0 Å². The van der Waals surface area contributed by atoms with Crippen LogP contribution < -0.4 is 5.73 Å². The van der Waals surface area contributed by atoms with Crippen molar-refractivity contribution in [1.82, 2.24) is 4.90 Å². The molecule has 0 aromatic heterocycles. The molecule has 1 saturated carbocycles. The van der Waals surface area contributed by atoms with Gasteiger partial charge in [0.2, 0.25) is 5.91 Å². The van der Waals surface area contributed by atoms with Crippen LogP contribution in [0.2, 0.25) is 0 Å². The standard InChI is InChI=1S/C13H21N3O/c14-9-11-3-1-2-4-12(11)16-7-5-10(6-8-16)13(15)17/h10-12H,1-8H2,(H2,15,17). The monoisotopic (exact) mass is 235 g/mol. The number of amides is 1. The second-order valence-electron chi connectivity index (χ2n) is 5.30. The van der Waals surface area contributed by atoms with E-state index in [1.165, 1.54) is 12.8 Å². The van der Waals surface area contributed by atoms with Crippen molar-refractivity contribution in [1.29, 1.82) is 5.26 Å². The van der Waals surface area contributed by atoms with Crippen LogP contribution in [0, 0.1) is 23.2 Å². The maximum Gasteiger partial charge on any atom is 0.220 e. The predicted molar refractivity (Wildman–Crippen MR) is 64.9 cm³/mol. The average molecular weight is 235 g/mol. The zero-order valence-corrected chi connectivity index (χ0v) is 10.3. The number of carbonyl (C=O) groups is 1. The summed E-state index contributed by atoms with van der Waals surface area (Å²) < 4.78 is 0. The average Bonchev–Trinajstić information content (AvgIpc) is 2.39. The second kappa shape index (κ2) is 5.50. The molecule has 2 unspecified atom stereocenters. The molecular weight excluding hydrogens is 214 g/mol. The van der Waals surface area contributed by atoms with Gasteiger partial charge in [-0.05, 0) is 38.8 Å². The highest BCUT2D eigenvalue weighted by molar-refractivity contribution is 5.76. The fourth-order valence-corrected chi connectivity index (χ4v) is 3.21. The van der Waals surface area contributed by atoms with E-state index < -0.39 is 0 Å². The van der Waals surface area contributed by atoms with Crippen molar-refractivity contribution in [3.05, 3.63) is 0 Å². The van der Waals surface area contributed by atoms with E-state index in [-0.39, 0.29) is 17.7 Å². The van der Waals surface area contributed by atoms with Crippen LogP contribution in [0.5, 0.6) is 0 Å². The maximum atomic E-state index is 11.1. The number of hydrogen-bond donors (Lipinski definition) is 1. The molecule has 2 aliphatic rings. The zero-order valence-electron chi connectivity index (χ0n) is 10.3. The first kappa shape index (κ1) is 12.4. The van der Waals surface area contributed by atoms with Gasteiger partial charge in [-0.15, -0.1) is 0 Å². The minimum absolute atomic E-state index is 0.0513. The van der Waals surface area contributed by atoms with Crippen LogP contribution in [-0.2, 0) is 4.79 Å². The van der Waals surface area contributed by atoms with Gasteiger partial charge in [0.25, 0.3) is 0 Å². The van der Waals surface area contributed by atoms with Gasteiger partial charge in [0.1, 0.15) is 0 Å². The molecule has 0 radical (unpaired) electrons. The Hall–Kier alpha value is -1.08. The third-order valence-corrected chi connectivity index (χ3v) is 4.30. The molecule has 4 heteroatoms. The molecule has 94 valence electrons. The summed E-state index contributed by atoms with van der Waals surface area (Å²) >= 11 is 0. The fraction of sp³-hybridized carbons (Fsp3) is 0.846. The Morgan fingerprint density at radius 1 is 1.18 bits per heavy atom. The van der Waals surface area contributed by atoms with E-state index in [4.69, 9.17) is 5.73 Å². The van der Waals surface area contributed by atoms with Crippen LogP contribution in [-0.4, -0.2) is 29.9 Å². The first-order chi connectivity index (χ1) is 8.22. The van der Waals surface area contributed by atoms with Gasteiger partial charge in [-0.1, -0.05) is 12.8 Å². The SMILES string of the molecule is N#CC1CCCCC1N1CCC(C(N)=O)CC1. The summed E-state index contributed by atoms with van der Waals surface area (Å²) in [5.74, 6) is 0.0781. The number of likely N-dealkylation sites (tertiary alicyclic amines) is 1. The lowest BCUT2D eigenvalue weighted by atomic mass is 9.83. The predicted octanol–water partition coefficient (Wildman–Crippen LogP) is 1.27. The minimum atomic E-state index is -0.162. The number of rotatable bonds is 2. The lowest BCUT2D eigenvalue weighted by Gasteiger charge is -2.40. The van der Waals surface area contributed by atoms with E-state index in [0.717, 1.165) is 38.8 Å². The van der Waals surface area contributed by atoms with Crippen LogP contribution in [0.15, 0.2) is 0 Å². The Balaban J connectivity index is 1.91. The molecule has 2 rings (SSSR count). The second-order valence-corrected chi connectivity index (χ2v) is 5.30.